The van der Waals surface area contributed by atoms with E-state index in [1.807, 2.05) is 24.3 Å². The monoisotopic (exact) mass is 334 g/mol. The van der Waals surface area contributed by atoms with Crippen molar-refractivity contribution >= 4 is 33.5 Å². The molecule has 3 heteroatoms. The Kier molecular flexibility index (Phi) is 4.83. The molecule has 0 unspecified atom stereocenters. The van der Waals surface area contributed by atoms with Crippen molar-refractivity contribution in [1.29, 1.82) is 0 Å². The summed E-state index contributed by atoms with van der Waals surface area (Å²) in [7, 11) is 0. The molecule has 0 bridgehead atoms. The van der Waals surface area contributed by atoms with E-state index in [1.54, 1.807) is 11.8 Å². The zero-order chi connectivity index (χ0) is 13.8. The summed E-state index contributed by atoms with van der Waals surface area (Å²) in [5.74, 6) is 0.642. The Balaban J connectivity index is 2.02. The van der Waals surface area contributed by atoms with Gasteiger partial charge in [0.2, 0.25) is 0 Å². The first kappa shape index (κ1) is 14.4. The van der Waals surface area contributed by atoms with E-state index in [0.29, 0.717) is 5.75 Å². The fourth-order valence-corrected chi connectivity index (χ4v) is 2.99. The summed E-state index contributed by atoms with van der Waals surface area (Å²) in [4.78, 5) is 13.2. The van der Waals surface area contributed by atoms with Crippen molar-refractivity contribution in [1.82, 2.24) is 0 Å². The summed E-state index contributed by atoms with van der Waals surface area (Å²) < 4.78 is 0.992. The Morgan fingerprint density at radius 1 is 1.11 bits per heavy atom. The molecule has 0 aliphatic rings. The number of carbonyl (C=O) groups is 1. The van der Waals surface area contributed by atoms with Crippen LogP contribution in [0, 0.1) is 13.8 Å². The zero-order valence-corrected chi connectivity index (χ0v) is 13.3. The van der Waals surface area contributed by atoms with Crippen LogP contribution in [0.2, 0.25) is 0 Å². The van der Waals surface area contributed by atoms with Crippen LogP contribution < -0.4 is 0 Å². The molecule has 2 rings (SSSR count). The molecule has 0 saturated heterocycles. The standard InChI is InChI=1S/C16H15BrOS/c1-11-3-8-16(12(2)9-11)19-10-15(18)13-4-6-14(17)7-5-13/h3-9H,10H2,1-2H3. The van der Waals surface area contributed by atoms with Gasteiger partial charge in [-0.15, -0.1) is 11.8 Å². The SMILES string of the molecule is Cc1ccc(SCC(=O)c2ccc(Br)cc2)c(C)c1. The Labute approximate surface area is 126 Å². The molecule has 0 amide bonds. The zero-order valence-electron chi connectivity index (χ0n) is 10.9. The lowest BCUT2D eigenvalue weighted by molar-refractivity contribution is 0.102. The molecule has 19 heavy (non-hydrogen) atoms. The molecule has 0 N–H and O–H groups in total. The van der Waals surface area contributed by atoms with Gasteiger partial charge < -0.3 is 0 Å². The maximum atomic E-state index is 12.1. The number of rotatable bonds is 4. The van der Waals surface area contributed by atoms with E-state index in [4.69, 9.17) is 0 Å². The van der Waals surface area contributed by atoms with Crippen molar-refractivity contribution in [2.45, 2.75) is 18.7 Å². The number of hydrogen-bond donors (Lipinski definition) is 0. The normalized spacial score (nSPS) is 10.5. The van der Waals surface area contributed by atoms with Crippen molar-refractivity contribution in [3.8, 4) is 0 Å². The van der Waals surface area contributed by atoms with Crippen LogP contribution in [0.25, 0.3) is 0 Å². The van der Waals surface area contributed by atoms with E-state index < -0.39 is 0 Å². The predicted octanol–water partition coefficient (Wildman–Crippen LogP) is 5.04. The maximum absolute atomic E-state index is 12.1. The van der Waals surface area contributed by atoms with Gasteiger partial charge in [-0.05, 0) is 37.6 Å². The Hall–Kier alpha value is -1.06. The minimum absolute atomic E-state index is 0.164. The molecular weight excluding hydrogens is 320 g/mol. The summed E-state index contributed by atoms with van der Waals surface area (Å²) in [6.07, 6.45) is 0. The number of carbonyl (C=O) groups excluding carboxylic acids is 1. The molecule has 1 nitrogen and oxygen atoms in total. The molecule has 0 saturated carbocycles. The number of aryl methyl sites for hydroxylation is 2. The van der Waals surface area contributed by atoms with Gasteiger partial charge in [0.25, 0.3) is 0 Å². The summed E-state index contributed by atoms with van der Waals surface area (Å²) in [6.45, 7) is 4.16. The van der Waals surface area contributed by atoms with Gasteiger partial charge in [0, 0.05) is 14.9 Å². The van der Waals surface area contributed by atoms with Crippen LogP contribution in [-0.2, 0) is 0 Å². The average molecular weight is 335 g/mol. The third-order valence-electron chi connectivity index (χ3n) is 2.86. The number of halogens is 1. The van der Waals surface area contributed by atoms with Gasteiger partial charge in [-0.1, -0.05) is 45.8 Å². The Bertz CT molecular complexity index is 590. The van der Waals surface area contributed by atoms with Crippen molar-refractivity contribution in [3.05, 3.63) is 63.6 Å². The molecule has 0 heterocycles. The van der Waals surface area contributed by atoms with E-state index in [-0.39, 0.29) is 5.78 Å². The highest BCUT2D eigenvalue weighted by atomic mass is 79.9. The first-order chi connectivity index (χ1) is 9.06. The number of ketones is 1. The van der Waals surface area contributed by atoms with E-state index in [9.17, 15) is 4.79 Å². The largest absolute Gasteiger partial charge is 0.293 e. The minimum Gasteiger partial charge on any atom is -0.293 e. The molecule has 0 aromatic heterocycles. The van der Waals surface area contributed by atoms with Crippen LogP contribution in [-0.4, -0.2) is 11.5 Å². The van der Waals surface area contributed by atoms with Crippen LogP contribution in [0.1, 0.15) is 21.5 Å². The summed E-state index contributed by atoms with van der Waals surface area (Å²) >= 11 is 4.97. The lowest BCUT2D eigenvalue weighted by atomic mass is 10.1. The second kappa shape index (κ2) is 6.40. The molecule has 0 radical (unpaired) electrons. The van der Waals surface area contributed by atoms with Gasteiger partial charge >= 0.3 is 0 Å². The summed E-state index contributed by atoms with van der Waals surface area (Å²) in [5.41, 5.74) is 3.25. The molecule has 0 aliphatic heterocycles. The smallest absolute Gasteiger partial charge is 0.173 e. The Morgan fingerprint density at radius 2 is 1.79 bits per heavy atom. The van der Waals surface area contributed by atoms with Gasteiger partial charge in [-0.2, -0.15) is 0 Å². The topological polar surface area (TPSA) is 17.1 Å². The van der Waals surface area contributed by atoms with Gasteiger partial charge in [0.15, 0.2) is 5.78 Å². The first-order valence-corrected chi connectivity index (χ1v) is 7.83. The quantitative estimate of drug-likeness (QED) is 0.575. The van der Waals surface area contributed by atoms with Gasteiger partial charge in [-0.3, -0.25) is 4.79 Å². The molecule has 98 valence electrons. The summed E-state index contributed by atoms with van der Waals surface area (Å²) in [5, 5.41) is 0. The number of benzene rings is 2. The molecule has 0 aliphatic carbocycles. The maximum Gasteiger partial charge on any atom is 0.173 e. The van der Waals surface area contributed by atoms with Crippen molar-refractivity contribution < 1.29 is 4.79 Å². The van der Waals surface area contributed by atoms with Crippen LogP contribution in [0.5, 0.6) is 0 Å². The molecule has 0 atom stereocenters. The van der Waals surface area contributed by atoms with Crippen molar-refractivity contribution in [3.63, 3.8) is 0 Å². The van der Waals surface area contributed by atoms with E-state index in [0.717, 1.165) is 10.0 Å². The van der Waals surface area contributed by atoms with Gasteiger partial charge in [-0.25, -0.2) is 0 Å². The number of hydrogen-bond acceptors (Lipinski definition) is 2. The Morgan fingerprint density at radius 3 is 2.42 bits per heavy atom. The second-order valence-corrected chi connectivity index (χ2v) is 6.42. The third-order valence-corrected chi connectivity index (χ3v) is 4.56. The van der Waals surface area contributed by atoms with E-state index >= 15 is 0 Å². The highest BCUT2D eigenvalue weighted by molar-refractivity contribution is 9.10. The van der Waals surface area contributed by atoms with Crippen LogP contribution in [0.15, 0.2) is 51.8 Å². The number of Topliss-reactive ketones (excluding diaryl/α,β-unsaturated/α-hetero) is 1. The van der Waals surface area contributed by atoms with Crippen LogP contribution in [0.4, 0.5) is 0 Å². The molecule has 2 aromatic rings. The van der Waals surface area contributed by atoms with Gasteiger partial charge in [0.05, 0.1) is 5.75 Å². The summed E-state index contributed by atoms with van der Waals surface area (Å²) in [6, 6.07) is 13.8. The van der Waals surface area contributed by atoms with Crippen LogP contribution >= 0.6 is 27.7 Å². The third kappa shape index (κ3) is 3.95. The lowest BCUT2D eigenvalue weighted by Gasteiger charge is -2.06. The fraction of sp³-hybridized carbons (Fsp3) is 0.188. The van der Waals surface area contributed by atoms with Gasteiger partial charge in [0.1, 0.15) is 0 Å². The highest BCUT2D eigenvalue weighted by Crippen LogP contribution is 2.24. The van der Waals surface area contributed by atoms with E-state index in [2.05, 4.69) is 48.0 Å². The highest BCUT2D eigenvalue weighted by Gasteiger charge is 2.07. The molecule has 0 fully saturated rings. The van der Waals surface area contributed by atoms with E-state index in [1.165, 1.54) is 16.0 Å². The number of thioether (sulfide) groups is 1. The second-order valence-electron chi connectivity index (χ2n) is 4.49. The molecule has 0 spiro atoms. The lowest BCUT2D eigenvalue weighted by Crippen LogP contribution is -2.02. The van der Waals surface area contributed by atoms with Crippen molar-refractivity contribution in [2.24, 2.45) is 0 Å². The molecule has 2 aromatic carbocycles. The minimum atomic E-state index is 0.164. The first-order valence-electron chi connectivity index (χ1n) is 6.05. The fourth-order valence-electron chi connectivity index (χ4n) is 1.82. The van der Waals surface area contributed by atoms with Crippen LogP contribution in [0.3, 0.4) is 0 Å². The average Bonchev–Trinajstić information content (AvgIpc) is 2.38. The molecular formula is C16H15BrOS. The predicted molar refractivity (Wildman–Crippen MR) is 85.1 cm³/mol. The van der Waals surface area contributed by atoms with Crippen molar-refractivity contribution in [2.75, 3.05) is 5.75 Å².